The molecule has 0 aliphatic heterocycles. The van der Waals surface area contributed by atoms with E-state index in [0.29, 0.717) is 28.8 Å². The third-order valence-corrected chi connectivity index (χ3v) is 3.32. The molecule has 2 rings (SSSR count). The molecule has 7 nitrogen and oxygen atoms in total. The molecule has 0 saturated carbocycles. The van der Waals surface area contributed by atoms with Crippen molar-refractivity contribution in [1.29, 1.82) is 0 Å². The summed E-state index contributed by atoms with van der Waals surface area (Å²) < 4.78 is 15.9. The highest BCUT2D eigenvalue weighted by Crippen LogP contribution is 2.25. The third-order valence-electron chi connectivity index (χ3n) is 3.32. The van der Waals surface area contributed by atoms with Gasteiger partial charge in [0, 0.05) is 12.0 Å². The van der Waals surface area contributed by atoms with Crippen molar-refractivity contribution in [2.24, 2.45) is 0 Å². The summed E-state index contributed by atoms with van der Waals surface area (Å²) in [5.74, 6) is 1.81. The Kier molecular flexibility index (Phi) is 5.20. The second kappa shape index (κ2) is 7.13. The van der Waals surface area contributed by atoms with Gasteiger partial charge in [0.25, 0.3) is 5.91 Å². The van der Waals surface area contributed by atoms with Crippen LogP contribution in [0, 0.1) is 0 Å². The number of hydrogen-bond donors (Lipinski definition) is 1. The molecule has 7 heteroatoms. The van der Waals surface area contributed by atoms with Crippen LogP contribution in [0.4, 0.5) is 0 Å². The number of nitrogens with zero attached hydrogens (tertiary/aromatic N) is 2. The summed E-state index contributed by atoms with van der Waals surface area (Å²) in [6, 6.07) is 4.59. The molecule has 0 aliphatic rings. The van der Waals surface area contributed by atoms with E-state index in [1.165, 1.54) is 7.11 Å². The SMILES string of the molecule is COc1ccc(C(=O)NC(C)c2nnc(C(C)C)o2)c(OC)c1. The smallest absolute Gasteiger partial charge is 0.255 e. The first-order valence-electron chi connectivity index (χ1n) is 7.32. The lowest BCUT2D eigenvalue weighted by Crippen LogP contribution is -2.27. The zero-order chi connectivity index (χ0) is 17.0. The van der Waals surface area contributed by atoms with Crippen LogP contribution in [-0.2, 0) is 0 Å². The zero-order valence-corrected chi connectivity index (χ0v) is 13.9. The van der Waals surface area contributed by atoms with E-state index >= 15 is 0 Å². The number of carbonyl (C=O) groups is 1. The summed E-state index contributed by atoms with van der Waals surface area (Å²) in [4.78, 5) is 12.4. The van der Waals surface area contributed by atoms with Crippen LogP contribution in [0.5, 0.6) is 11.5 Å². The highest BCUT2D eigenvalue weighted by atomic mass is 16.5. The Morgan fingerprint density at radius 1 is 1.13 bits per heavy atom. The molecule has 1 N–H and O–H groups in total. The third kappa shape index (κ3) is 3.80. The Hall–Kier alpha value is -2.57. The molecule has 0 aliphatic carbocycles. The first kappa shape index (κ1) is 16.8. The van der Waals surface area contributed by atoms with E-state index in [1.807, 2.05) is 13.8 Å². The molecule has 0 saturated heterocycles. The molecular weight excluding hydrogens is 298 g/mol. The van der Waals surface area contributed by atoms with E-state index in [1.54, 1.807) is 32.2 Å². The minimum absolute atomic E-state index is 0.140. The van der Waals surface area contributed by atoms with Crippen LogP contribution in [0.1, 0.15) is 54.9 Å². The number of rotatable bonds is 6. The van der Waals surface area contributed by atoms with Crippen molar-refractivity contribution in [1.82, 2.24) is 15.5 Å². The first-order valence-corrected chi connectivity index (χ1v) is 7.32. The van der Waals surface area contributed by atoms with Crippen molar-refractivity contribution in [3.8, 4) is 11.5 Å². The maximum absolute atomic E-state index is 12.4. The summed E-state index contributed by atoms with van der Waals surface area (Å²) in [5.41, 5.74) is 0.406. The number of nitrogens with one attached hydrogen (secondary N) is 1. The van der Waals surface area contributed by atoms with Crippen molar-refractivity contribution in [3.63, 3.8) is 0 Å². The van der Waals surface area contributed by atoms with Crippen molar-refractivity contribution < 1.29 is 18.7 Å². The van der Waals surface area contributed by atoms with Crippen LogP contribution in [0.2, 0.25) is 0 Å². The highest BCUT2D eigenvalue weighted by Gasteiger charge is 2.20. The van der Waals surface area contributed by atoms with Crippen LogP contribution in [-0.4, -0.2) is 30.3 Å². The number of ether oxygens (including phenoxy) is 2. The maximum atomic E-state index is 12.4. The van der Waals surface area contributed by atoms with Gasteiger partial charge in [0.1, 0.15) is 17.5 Å². The fourth-order valence-corrected chi connectivity index (χ4v) is 1.98. The first-order chi connectivity index (χ1) is 11.0. The summed E-state index contributed by atoms with van der Waals surface area (Å²) in [6.45, 7) is 5.71. The molecule has 124 valence electrons. The quantitative estimate of drug-likeness (QED) is 0.881. The molecule has 1 amide bonds. The van der Waals surface area contributed by atoms with Gasteiger partial charge in [-0.2, -0.15) is 0 Å². The molecule has 1 aromatic heterocycles. The Bertz CT molecular complexity index is 682. The predicted octanol–water partition coefficient (Wildman–Crippen LogP) is 2.70. The number of hydrogen-bond acceptors (Lipinski definition) is 6. The molecule has 23 heavy (non-hydrogen) atoms. The van der Waals surface area contributed by atoms with Crippen LogP contribution < -0.4 is 14.8 Å². The van der Waals surface area contributed by atoms with Crippen LogP contribution in [0.25, 0.3) is 0 Å². The minimum Gasteiger partial charge on any atom is -0.497 e. The topological polar surface area (TPSA) is 86.5 Å². The number of amides is 1. The van der Waals surface area contributed by atoms with E-state index in [0.717, 1.165) is 0 Å². The van der Waals surface area contributed by atoms with Crippen LogP contribution in [0.15, 0.2) is 22.6 Å². The summed E-state index contributed by atoms with van der Waals surface area (Å²) in [6.07, 6.45) is 0. The molecule has 2 aromatic rings. The van der Waals surface area contributed by atoms with Gasteiger partial charge in [-0.1, -0.05) is 13.8 Å². The van der Waals surface area contributed by atoms with E-state index in [2.05, 4.69) is 15.5 Å². The van der Waals surface area contributed by atoms with Gasteiger partial charge in [0.05, 0.1) is 19.8 Å². The van der Waals surface area contributed by atoms with Crippen molar-refractivity contribution in [3.05, 3.63) is 35.5 Å². The lowest BCUT2D eigenvalue weighted by atomic mass is 10.1. The molecule has 0 bridgehead atoms. The summed E-state index contributed by atoms with van der Waals surface area (Å²) in [5, 5.41) is 10.8. The van der Waals surface area contributed by atoms with Gasteiger partial charge in [0.15, 0.2) is 0 Å². The standard InChI is InChI=1S/C16H21N3O4/c1-9(2)15-18-19-16(23-15)10(3)17-14(20)12-7-6-11(21-4)8-13(12)22-5/h6-10H,1-5H3,(H,17,20). The Balaban J connectivity index is 2.14. The maximum Gasteiger partial charge on any atom is 0.255 e. The summed E-state index contributed by atoms with van der Waals surface area (Å²) >= 11 is 0. The number of aromatic nitrogens is 2. The number of benzene rings is 1. The zero-order valence-electron chi connectivity index (χ0n) is 13.9. The summed E-state index contributed by atoms with van der Waals surface area (Å²) in [7, 11) is 3.06. The Labute approximate surface area is 135 Å². The lowest BCUT2D eigenvalue weighted by Gasteiger charge is -2.13. The van der Waals surface area contributed by atoms with Crippen molar-refractivity contribution >= 4 is 5.91 Å². The Morgan fingerprint density at radius 3 is 2.39 bits per heavy atom. The van der Waals surface area contributed by atoms with Crippen LogP contribution in [0.3, 0.4) is 0 Å². The van der Waals surface area contributed by atoms with Crippen LogP contribution >= 0.6 is 0 Å². The van der Waals surface area contributed by atoms with Gasteiger partial charge in [-0.3, -0.25) is 4.79 Å². The minimum atomic E-state index is -0.408. The van der Waals surface area contributed by atoms with Gasteiger partial charge < -0.3 is 19.2 Å². The van der Waals surface area contributed by atoms with Gasteiger partial charge in [-0.25, -0.2) is 0 Å². The molecule has 1 aromatic carbocycles. The van der Waals surface area contributed by atoms with Crippen molar-refractivity contribution in [2.45, 2.75) is 32.7 Å². The normalized spacial score (nSPS) is 12.1. The molecule has 0 fully saturated rings. The largest absolute Gasteiger partial charge is 0.497 e. The Morgan fingerprint density at radius 2 is 1.83 bits per heavy atom. The van der Waals surface area contributed by atoms with Gasteiger partial charge >= 0.3 is 0 Å². The fraction of sp³-hybridized carbons (Fsp3) is 0.438. The van der Waals surface area contributed by atoms with Crippen molar-refractivity contribution in [2.75, 3.05) is 14.2 Å². The van der Waals surface area contributed by atoms with Gasteiger partial charge in [-0.05, 0) is 19.1 Å². The average Bonchev–Trinajstić information content (AvgIpc) is 3.04. The average molecular weight is 319 g/mol. The predicted molar refractivity (Wildman–Crippen MR) is 83.8 cm³/mol. The van der Waals surface area contributed by atoms with Gasteiger partial charge in [0.2, 0.25) is 11.8 Å². The molecule has 0 radical (unpaired) electrons. The molecule has 1 atom stereocenters. The fourth-order valence-electron chi connectivity index (χ4n) is 1.98. The van der Waals surface area contributed by atoms with E-state index in [4.69, 9.17) is 13.9 Å². The van der Waals surface area contributed by atoms with E-state index < -0.39 is 6.04 Å². The monoisotopic (exact) mass is 319 g/mol. The molecule has 1 unspecified atom stereocenters. The second-order valence-corrected chi connectivity index (χ2v) is 5.39. The highest BCUT2D eigenvalue weighted by molar-refractivity contribution is 5.97. The van der Waals surface area contributed by atoms with Gasteiger partial charge in [-0.15, -0.1) is 10.2 Å². The number of carbonyl (C=O) groups excluding carboxylic acids is 1. The molecule has 1 heterocycles. The van der Waals surface area contributed by atoms with E-state index in [9.17, 15) is 4.79 Å². The molecular formula is C16H21N3O4. The second-order valence-electron chi connectivity index (χ2n) is 5.39. The van der Waals surface area contributed by atoms with E-state index in [-0.39, 0.29) is 11.8 Å². The molecule has 0 spiro atoms. The number of methoxy groups -OCH3 is 2. The lowest BCUT2D eigenvalue weighted by molar-refractivity contribution is 0.0930.